The molecule has 1 saturated carbocycles. The Labute approximate surface area is 368 Å². The molecule has 1 aromatic rings. The van der Waals surface area contributed by atoms with Crippen LogP contribution < -0.4 is 10.1 Å². The summed E-state index contributed by atoms with van der Waals surface area (Å²) in [5.41, 5.74) is -1.74. The summed E-state index contributed by atoms with van der Waals surface area (Å²) in [7, 11) is 1.43. The van der Waals surface area contributed by atoms with Crippen LogP contribution in [-0.4, -0.2) is 130 Å². The highest BCUT2D eigenvalue weighted by atomic mass is 16.7. The Morgan fingerprint density at radius 2 is 1.59 bits per heavy atom. The molecule has 1 aromatic carbocycles. The predicted molar refractivity (Wildman–Crippen MR) is 232 cm³/mol. The van der Waals surface area contributed by atoms with Gasteiger partial charge in [0.1, 0.15) is 23.3 Å². The molecule has 0 aromatic heterocycles. The van der Waals surface area contributed by atoms with Crippen LogP contribution in [0.1, 0.15) is 111 Å². The van der Waals surface area contributed by atoms with Crippen molar-refractivity contribution in [3.63, 3.8) is 0 Å². The quantitative estimate of drug-likeness (QED) is 0.236. The second-order valence-corrected chi connectivity index (χ2v) is 17.8. The molecule has 7 rings (SSSR count). The molecule has 1 amide bonds. The number of hydrogen-bond acceptors (Lipinski definition) is 15. The highest BCUT2D eigenvalue weighted by Gasteiger charge is 2.52. The number of nitrogens with zero attached hydrogens (tertiary/aromatic N) is 3. The number of allylic oxidation sites excluding steroid dienone is 4. The fraction of sp³-hybridized carbons (Fsp3) is 0.574. The Hall–Kier alpha value is -5.16. The van der Waals surface area contributed by atoms with E-state index in [1.165, 1.54) is 72.3 Å². The van der Waals surface area contributed by atoms with Gasteiger partial charge < -0.3 is 39.6 Å². The summed E-state index contributed by atoms with van der Waals surface area (Å²) in [6.07, 6.45) is 9.40. The highest BCUT2D eigenvalue weighted by molar-refractivity contribution is 6.37. The zero-order valence-corrected chi connectivity index (χ0v) is 37.7. The number of Topliss-reactive ketones (excluding diaryl/α,β-unsaturated/α-hetero) is 3. The first-order valence-electron chi connectivity index (χ1n) is 21.9. The molecule has 2 aliphatic carbocycles. The van der Waals surface area contributed by atoms with Crippen LogP contribution in [0.3, 0.4) is 0 Å². The van der Waals surface area contributed by atoms with Crippen molar-refractivity contribution in [1.29, 1.82) is 0 Å². The van der Waals surface area contributed by atoms with Crippen molar-refractivity contribution in [2.75, 3.05) is 33.3 Å². The lowest BCUT2D eigenvalue weighted by Crippen LogP contribution is -2.48. The number of ketones is 3. The van der Waals surface area contributed by atoms with Gasteiger partial charge in [-0.05, 0) is 32.8 Å². The monoisotopic (exact) mass is 874 g/mol. The van der Waals surface area contributed by atoms with Crippen molar-refractivity contribution < 1.29 is 58.2 Å². The summed E-state index contributed by atoms with van der Waals surface area (Å²) >= 11 is 0. The van der Waals surface area contributed by atoms with E-state index in [9.17, 15) is 39.3 Å². The molecule has 0 radical (unpaired) electrons. The first-order chi connectivity index (χ1) is 29.8. The number of carbonyl (C=O) groups is 5. The zero-order chi connectivity index (χ0) is 46.1. The van der Waals surface area contributed by atoms with Crippen molar-refractivity contribution in [1.82, 2.24) is 15.2 Å². The number of aromatic hydroxyl groups is 1. The Morgan fingerprint density at radius 3 is 2.22 bits per heavy atom. The third-order valence-corrected chi connectivity index (χ3v) is 13.5. The van der Waals surface area contributed by atoms with Crippen LogP contribution in [0.5, 0.6) is 11.5 Å². The molecule has 2 fully saturated rings. The van der Waals surface area contributed by atoms with Crippen LogP contribution in [0.25, 0.3) is 0 Å². The second-order valence-electron chi connectivity index (χ2n) is 17.8. The summed E-state index contributed by atoms with van der Waals surface area (Å²) in [5, 5.41) is 43.5. The Kier molecular flexibility index (Phi) is 14.5. The number of carbonyl (C=O) groups excluding carboxylic acids is 5. The SMILES string of the molecule is CO[C@H]1C=CO[C@@]2(C)Oc3c(C)c(O)c4c(c3C2=O)C(=O)C(C=NN2CCN(C3CCCC3)CC2)=C(NC(=O)C(C)=CC=C[C@H](C)[C@H](O)[C@@H](C)[C@@H](O)[C@@H](C)[C@H](OC(C)=O)[C@@H]1C)C4=O. The number of nitrogens with one attached hydrogen (secondary N) is 1. The van der Waals surface area contributed by atoms with Gasteiger partial charge in [-0.2, -0.15) is 5.10 Å². The number of aliphatic hydroxyl groups is 2. The number of piperazine rings is 1. The Balaban J connectivity index is 1.43. The fourth-order valence-electron chi connectivity index (χ4n) is 9.44. The van der Waals surface area contributed by atoms with Gasteiger partial charge in [0.25, 0.3) is 11.7 Å². The van der Waals surface area contributed by atoms with Crippen LogP contribution in [0.15, 0.2) is 52.5 Å². The Morgan fingerprint density at radius 1 is 0.921 bits per heavy atom. The van der Waals surface area contributed by atoms with Gasteiger partial charge in [-0.25, -0.2) is 0 Å². The van der Waals surface area contributed by atoms with Gasteiger partial charge in [0.15, 0.2) is 5.78 Å². The van der Waals surface area contributed by atoms with Crippen molar-refractivity contribution in [3.05, 3.63) is 69.7 Å². The highest BCUT2D eigenvalue weighted by Crippen LogP contribution is 2.48. The van der Waals surface area contributed by atoms with Gasteiger partial charge in [0.05, 0.1) is 53.1 Å². The third kappa shape index (κ3) is 9.40. The molecular formula is C47H62N4O12. The van der Waals surface area contributed by atoms with E-state index in [4.69, 9.17) is 18.9 Å². The topological polar surface area (TPSA) is 214 Å². The normalized spacial score (nSPS) is 31.7. The first-order valence-corrected chi connectivity index (χ1v) is 21.9. The van der Waals surface area contributed by atoms with Crippen molar-refractivity contribution in [2.45, 2.75) is 117 Å². The van der Waals surface area contributed by atoms with Gasteiger partial charge in [-0.15, -0.1) is 0 Å². The van der Waals surface area contributed by atoms with E-state index >= 15 is 0 Å². The number of amides is 1. The van der Waals surface area contributed by atoms with Gasteiger partial charge in [-0.3, -0.25) is 33.9 Å². The number of fused-ring (bicyclic) bond motifs is 14. The summed E-state index contributed by atoms with van der Waals surface area (Å²) in [5.74, 6) is -9.28. The molecule has 4 heterocycles. The van der Waals surface area contributed by atoms with Crippen molar-refractivity contribution >= 4 is 35.4 Å². The van der Waals surface area contributed by atoms with Crippen LogP contribution in [0, 0.1) is 30.6 Å². The second kappa shape index (κ2) is 19.3. The van der Waals surface area contributed by atoms with E-state index in [1.54, 1.807) is 44.9 Å². The number of rotatable bonds is 5. The average Bonchev–Trinajstić information content (AvgIpc) is 3.89. The molecule has 0 unspecified atom stereocenters. The number of benzene rings is 1. The predicted octanol–water partition coefficient (Wildman–Crippen LogP) is 4.55. The molecule has 4 aliphatic heterocycles. The molecule has 4 N–H and O–H groups in total. The van der Waals surface area contributed by atoms with E-state index in [1.807, 2.05) is 0 Å². The number of methoxy groups -OCH3 is 1. The number of aliphatic hydroxyl groups excluding tert-OH is 2. The van der Waals surface area contributed by atoms with E-state index in [0.29, 0.717) is 19.1 Å². The van der Waals surface area contributed by atoms with Crippen LogP contribution >= 0.6 is 0 Å². The molecule has 0 spiro atoms. The molecular weight excluding hydrogens is 813 g/mol. The van der Waals surface area contributed by atoms with Gasteiger partial charge in [-0.1, -0.05) is 58.8 Å². The molecule has 342 valence electrons. The standard InChI is InChI=1S/C47H62N4O12/c1-24-13-12-14-25(2)46(59)49-37-32(23-48-51-20-18-50(19-21-51)31-15-10-11-16-31)41(56)34-35(42(37)57)40(55)29(6)44-36(34)45(58)47(8,63-44)61-22-17-33(60-9)26(3)43(62-30(7)52)28(5)39(54)27(4)38(24)53/h12-14,17,22-24,26-28,31,33,38-39,43,53-55H,10-11,15-16,18-21H2,1-9H3,(H,49,59)/t24-,26+,27+,28+,33-,38-,39+,43+,47-/m0/s1. The van der Waals surface area contributed by atoms with Crippen molar-refractivity contribution in [2.24, 2.45) is 28.8 Å². The maximum atomic E-state index is 14.8. The van der Waals surface area contributed by atoms with Crippen LogP contribution in [0.2, 0.25) is 0 Å². The fourth-order valence-corrected chi connectivity index (χ4v) is 9.44. The molecule has 16 nitrogen and oxygen atoms in total. The Bertz CT molecular complexity index is 2150. The largest absolute Gasteiger partial charge is 0.507 e. The lowest BCUT2D eigenvalue weighted by Gasteiger charge is -2.38. The summed E-state index contributed by atoms with van der Waals surface area (Å²) < 4.78 is 23.6. The molecule has 9 atom stereocenters. The number of ether oxygens (including phenoxy) is 4. The van der Waals surface area contributed by atoms with Crippen LogP contribution in [-0.2, 0) is 23.8 Å². The third-order valence-electron chi connectivity index (χ3n) is 13.5. The lowest BCUT2D eigenvalue weighted by molar-refractivity contribution is -0.160. The van der Waals surface area contributed by atoms with Gasteiger partial charge >= 0.3 is 11.8 Å². The maximum Gasteiger partial charge on any atom is 0.312 e. The number of phenolic OH excluding ortho intramolecular Hbond substituents is 1. The van der Waals surface area contributed by atoms with Crippen LogP contribution in [0.4, 0.5) is 0 Å². The number of phenols is 1. The summed E-state index contributed by atoms with van der Waals surface area (Å²) in [6, 6.07) is 0.535. The number of esters is 1. The minimum Gasteiger partial charge on any atom is -0.507 e. The molecule has 1 saturated heterocycles. The molecule has 5 bridgehead atoms. The van der Waals surface area contributed by atoms with E-state index in [-0.39, 0.29) is 28.0 Å². The molecule has 16 heteroatoms. The van der Waals surface area contributed by atoms with E-state index in [0.717, 1.165) is 25.9 Å². The zero-order valence-electron chi connectivity index (χ0n) is 37.7. The average molecular weight is 875 g/mol. The van der Waals surface area contributed by atoms with E-state index in [2.05, 4.69) is 15.3 Å². The number of hydrogen-bond donors (Lipinski definition) is 4. The molecule has 6 aliphatic rings. The van der Waals surface area contributed by atoms with Gasteiger partial charge in [0, 0.05) is 88.0 Å². The summed E-state index contributed by atoms with van der Waals surface area (Å²) in [6.45, 7) is 15.1. The lowest BCUT2D eigenvalue weighted by atomic mass is 9.78. The molecule has 63 heavy (non-hydrogen) atoms. The van der Waals surface area contributed by atoms with E-state index < -0.39 is 106 Å². The van der Waals surface area contributed by atoms with Crippen molar-refractivity contribution in [3.8, 4) is 11.5 Å². The first kappa shape index (κ1) is 47.3. The number of hydrazone groups is 1. The maximum absolute atomic E-state index is 14.8. The minimum absolute atomic E-state index is 0.00471. The smallest absolute Gasteiger partial charge is 0.312 e. The van der Waals surface area contributed by atoms with Gasteiger partial charge in [0.2, 0.25) is 5.78 Å². The summed E-state index contributed by atoms with van der Waals surface area (Å²) in [4.78, 5) is 72.5. The minimum atomic E-state index is -2.09.